The SMILES string of the molecule is CCOC(=O)c1ccc(NC(=S)N[C@@H](C)c2ccc(OC)cc2)c(C)c1. The van der Waals surface area contributed by atoms with E-state index in [-0.39, 0.29) is 12.0 Å². The van der Waals surface area contributed by atoms with Gasteiger partial charge in [0.2, 0.25) is 0 Å². The molecule has 2 rings (SSSR count). The summed E-state index contributed by atoms with van der Waals surface area (Å²) >= 11 is 5.41. The zero-order chi connectivity index (χ0) is 19.1. The van der Waals surface area contributed by atoms with Crippen molar-refractivity contribution >= 4 is 29.0 Å². The van der Waals surface area contributed by atoms with Gasteiger partial charge in [-0.3, -0.25) is 0 Å². The van der Waals surface area contributed by atoms with Crippen molar-refractivity contribution in [3.8, 4) is 5.75 Å². The Balaban J connectivity index is 1.99. The van der Waals surface area contributed by atoms with Crippen molar-refractivity contribution in [2.75, 3.05) is 19.0 Å². The molecule has 0 amide bonds. The highest BCUT2D eigenvalue weighted by atomic mass is 32.1. The molecule has 0 aliphatic heterocycles. The molecule has 0 spiro atoms. The van der Waals surface area contributed by atoms with E-state index in [1.165, 1.54) is 0 Å². The molecular formula is C20H24N2O3S. The van der Waals surface area contributed by atoms with Crippen LogP contribution in [0.1, 0.15) is 41.4 Å². The number of hydrogen-bond acceptors (Lipinski definition) is 4. The molecule has 0 saturated carbocycles. The van der Waals surface area contributed by atoms with Crippen molar-refractivity contribution in [3.05, 3.63) is 59.2 Å². The molecule has 2 aromatic carbocycles. The highest BCUT2D eigenvalue weighted by Gasteiger charge is 2.11. The minimum Gasteiger partial charge on any atom is -0.497 e. The molecule has 0 fully saturated rings. The van der Waals surface area contributed by atoms with Crippen LogP contribution in [0.15, 0.2) is 42.5 Å². The Bertz CT molecular complexity index is 775. The normalized spacial score (nSPS) is 11.4. The number of esters is 1. The number of thiocarbonyl (C=S) groups is 1. The Hall–Kier alpha value is -2.60. The first-order valence-corrected chi connectivity index (χ1v) is 8.84. The van der Waals surface area contributed by atoms with Gasteiger partial charge in [0.05, 0.1) is 25.3 Å². The number of anilines is 1. The van der Waals surface area contributed by atoms with Crippen LogP contribution in [0.25, 0.3) is 0 Å². The Morgan fingerprint density at radius 2 is 1.88 bits per heavy atom. The Kier molecular flexibility index (Phi) is 6.97. The molecule has 0 saturated heterocycles. The number of carbonyl (C=O) groups excluding carboxylic acids is 1. The van der Waals surface area contributed by atoms with E-state index in [0.29, 0.717) is 17.3 Å². The molecule has 0 aliphatic rings. The summed E-state index contributed by atoms with van der Waals surface area (Å²) in [6.45, 7) is 6.09. The molecular weight excluding hydrogens is 348 g/mol. The maximum atomic E-state index is 11.8. The third-order valence-corrected chi connectivity index (χ3v) is 4.17. The number of benzene rings is 2. The van der Waals surface area contributed by atoms with E-state index in [9.17, 15) is 4.79 Å². The molecule has 0 heterocycles. The first-order valence-electron chi connectivity index (χ1n) is 8.43. The Morgan fingerprint density at radius 1 is 1.19 bits per heavy atom. The zero-order valence-electron chi connectivity index (χ0n) is 15.5. The predicted octanol–water partition coefficient (Wildman–Crippen LogP) is 4.23. The van der Waals surface area contributed by atoms with Crippen LogP contribution >= 0.6 is 12.2 Å². The van der Waals surface area contributed by atoms with Crippen molar-refractivity contribution in [3.63, 3.8) is 0 Å². The second-order valence-electron chi connectivity index (χ2n) is 5.84. The molecule has 6 heteroatoms. The first kappa shape index (κ1) is 19.7. The molecule has 2 N–H and O–H groups in total. The summed E-state index contributed by atoms with van der Waals surface area (Å²) in [5.41, 5.74) is 3.39. The fourth-order valence-corrected chi connectivity index (χ4v) is 2.76. The Labute approximate surface area is 159 Å². The van der Waals surface area contributed by atoms with Crippen molar-refractivity contribution in [1.29, 1.82) is 0 Å². The summed E-state index contributed by atoms with van der Waals surface area (Å²) in [6, 6.07) is 13.2. The maximum Gasteiger partial charge on any atom is 0.338 e. The molecule has 0 bridgehead atoms. The molecule has 26 heavy (non-hydrogen) atoms. The van der Waals surface area contributed by atoms with Gasteiger partial charge in [-0.05, 0) is 74.4 Å². The summed E-state index contributed by atoms with van der Waals surface area (Å²) in [4.78, 5) is 11.8. The van der Waals surface area contributed by atoms with Crippen LogP contribution in [0, 0.1) is 6.92 Å². The summed E-state index contributed by atoms with van der Waals surface area (Å²) in [5, 5.41) is 6.94. The Morgan fingerprint density at radius 3 is 2.46 bits per heavy atom. The number of hydrogen-bond donors (Lipinski definition) is 2. The molecule has 0 aliphatic carbocycles. The van der Waals surface area contributed by atoms with Crippen LogP contribution in [-0.2, 0) is 4.74 Å². The zero-order valence-corrected chi connectivity index (χ0v) is 16.3. The lowest BCUT2D eigenvalue weighted by Crippen LogP contribution is -2.31. The van der Waals surface area contributed by atoms with E-state index in [2.05, 4.69) is 10.6 Å². The number of carbonyl (C=O) groups is 1. The van der Waals surface area contributed by atoms with E-state index in [1.807, 2.05) is 44.2 Å². The quantitative estimate of drug-likeness (QED) is 0.585. The van der Waals surface area contributed by atoms with E-state index in [1.54, 1.807) is 26.2 Å². The molecule has 0 radical (unpaired) electrons. The minimum absolute atomic E-state index is 0.0417. The smallest absolute Gasteiger partial charge is 0.338 e. The summed E-state index contributed by atoms with van der Waals surface area (Å²) in [7, 11) is 1.64. The van der Waals surface area contributed by atoms with Crippen LogP contribution in [0.4, 0.5) is 5.69 Å². The standard InChI is InChI=1S/C20H24N2O3S/c1-5-25-19(23)16-8-11-18(13(2)12-16)22-20(26)21-14(3)15-6-9-17(24-4)10-7-15/h6-12,14H,5H2,1-4H3,(H2,21,22,26)/t14-/m0/s1. The summed E-state index contributed by atoms with van der Waals surface area (Å²) in [5.74, 6) is 0.495. The van der Waals surface area contributed by atoms with Crippen molar-refractivity contribution in [2.24, 2.45) is 0 Å². The third kappa shape index (κ3) is 5.20. The van der Waals surface area contributed by atoms with Gasteiger partial charge >= 0.3 is 5.97 Å². The summed E-state index contributed by atoms with van der Waals surface area (Å²) in [6.07, 6.45) is 0. The topological polar surface area (TPSA) is 59.6 Å². The molecule has 1 atom stereocenters. The fourth-order valence-electron chi connectivity index (χ4n) is 2.48. The highest BCUT2D eigenvalue weighted by Crippen LogP contribution is 2.19. The average Bonchev–Trinajstić information content (AvgIpc) is 2.63. The average molecular weight is 372 g/mol. The van der Waals surface area contributed by atoms with Crippen LogP contribution in [0.2, 0.25) is 0 Å². The first-order chi connectivity index (χ1) is 12.4. The van der Waals surface area contributed by atoms with Gasteiger partial charge in [0.1, 0.15) is 5.75 Å². The monoisotopic (exact) mass is 372 g/mol. The van der Waals surface area contributed by atoms with Gasteiger partial charge in [-0.1, -0.05) is 12.1 Å². The second-order valence-corrected chi connectivity index (χ2v) is 6.25. The second kappa shape index (κ2) is 9.20. The number of ether oxygens (including phenoxy) is 2. The van der Waals surface area contributed by atoms with E-state index in [4.69, 9.17) is 21.7 Å². The van der Waals surface area contributed by atoms with E-state index < -0.39 is 0 Å². The largest absolute Gasteiger partial charge is 0.497 e. The van der Waals surface area contributed by atoms with Crippen LogP contribution in [-0.4, -0.2) is 24.8 Å². The van der Waals surface area contributed by atoms with E-state index >= 15 is 0 Å². The van der Waals surface area contributed by atoms with Gasteiger partial charge in [0, 0.05) is 5.69 Å². The van der Waals surface area contributed by atoms with Gasteiger partial charge in [-0.2, -0.15) is 0 Å². The summed E-state index contributed by atoms with van der Waals surface area (Å²) < 4.78 is 10.2. The highest BCUT2D eigenvalue weighted by molar-refractivity contribution is 7.80. The van der Waals surface area contributed by atoms with E-state index in [0.717, 1.165) is 22.6 Å². The molecule has 0 aromatic heterocycles. The number of nitrogens with one attached hydrogen (secondary N) is 2. The lowest BCUT2D eigenvalue weighted by molar-refractivity contribution is 0.0526. The molecule has 138 valence electrons. The van der Waals surface area contributed by atoms with Gasteiger partial charge in [-0.15, -0.1) is 0 Å². The van der Waals surface area contributed by atoms with Gasteiger partial charge in [0.15, 0.2) is 5.11 Å². The van der Waals surface area contributed by atoms with Gasteiger partial charge in [0.25, 0.3) is 0 Å². The fraction of sp³-hybridized carbons (Fsp3) is 0.300. The van der Waals surface area contributed by atoms with Crippen molar-refractivity contribution in [1.82, 2.24) is 5.32 Å². The third-order valence-electron chi connectivity index (χ3n) is 3.95. The van der Waals surface area contributed by atoms with Crippen LogP contribution < -0.4 is 15.4 Å². The van der Waals surface area contributed by atoms with Crippen LogP contribution in [0.5, 0.6) is 5.75 Å². The maximum absolute atomic E-state index is 11.8. The lowest BCUT2D eigenvalue weighted by atomic mass is 10.1. The molecule has 5 nitrogen and oxygen atoms in total. The van der Waals surface area contributed by atoms with Gasteiger partial charge in [-0.25, -0.2) is 4.79 Å². The number of methoxy groups -OCH3 is 1. The molecule has 0 unspecified atom stereocenters. The number of aryl methyl sites for hydroxylation is 1. The molecule has 2 aromatic rings. The minimum atomic E-state index is -0.323. The van der Waals surface area contributed by atoms with Crippen molar-refractivity contribution < 1.29 is 14.3 Å². The van der Waals surface area contributed by atoms with Crippen molar-refractivity contribution in [2.45, 2.75) is 26.8 Å². The predicted molar refractivity (Wildman–Crippen MR) is 108 cm³/mol. The lowest BCUT2D eigenvalue weighted by Gasteiger charge is -2.18. The van der Waals surface area contributed by atoms with Crippen LogP contribution in [0.3, 0.4) is 0 Å². The van der Waals surface area contributed by atoms with Gasteiger partial charge < -0.3 is 20.1 Å². The number of rotatable bonds is 6.